The molecule has 0 aliphatic carbocycles. The molecule has 1 N–H and O–H groups in total. The highest BCUT2D eigenvalue weighted by molar-refractivity contribution is 5.78. The van der Waals surface area contributed by atoms with Gasteiger partial charge in [0.1, 0.15) is 17.4 Å². The number of anilines is 1. The SMILES string of the molecule is CCCNc1nccc(-c2c(-c3ccc(F)cc3)nc3n2C(/C=C/c2ccco2)CC3)n1. The zero-order valence-electron chi connectivity index (χ0n) is 17.8. The van der Waals surface area contributed by atoms with E-state index in [2.05, 4.69) is 27.9 Å². The molecule has 7 heteroatoms. The number of halogens is 1. The predicted octanol–water partition coefficient (Wildman–Crippen LogP) is 5.76. The summed E-state index contributed by atoms with van der Waals surface area (Å²) in [6.45, 7) is 2.90. The minimum absolute atomic E-state index is 0.119. The number of benzene rings is 1. The summed E-state index contributed by atoms with van der Waals surface area (Å²) >= 11 is 0. The third kappa shape index (κ3) is 3.93. The van der Waals surface area contributed by atoms with E-state index in [-0.39, 0.29) is 11.9 Å². The number of hydrogen-bond acceptors (Lipinski definition) is 5. The van der Waals surface area contributed by atoms with Gasteiger partial charge in [-0.05, 0) is 61.4 Å². The van der Waals surface area contributed by atoms with Gasteiger partial charge >= 0.3 is 0 Å². The third-order valence-corrected chi connectivity index (χ3v) is 5.55. The van der Waals surface area contributed by atoms with Crippen LogP contribution in [0, 0.1) is 5.82 Å². The van der Waals surface area contributed by atoms with Gasteiger partial charge in [0.05, 0.1) is 29.4 Å². The van der Waals surface area contributed by atoms with Crippen LogP contribution in [-0.2, 0) is 6.42 Å². The van der Waals surface area contributed by atoms with Gasteiger partial charge in [-0.25, -0.2) is 19.3 Å². The lowest BCUT2D eigenvalue weighted by Crippen LogP contribution is -2.07. The Kier molecular flexibility index (Phi) is 5.54. The molecule has 4 heterocycles. The summed E-state index contributed by atoms with van der Waals surface area (Å²) in [5.41, 5.74) is 3.37. The molecule has 6 nitrogen and oxygen atoms in total. The molecule has 4 aromatic rings. The molecule has 0 bridgehead atoms. The number of furan rings is 1. The van der Waals surface area contributed by atoms with E-state index in [9.17, 15) is 4.39 Å². The first-order chi connectivity index (χ1) is 15.7. The Morgan fingerprint density at radius 3 is 2.84 bits per heavy atom. The van der Waals surface area contributed by atoms with Crippen LogP contribution in [0.4, 0.5) is 10.3 Å². The van der Waals surface area contributed by atoms with Crippen molar-refractivity contribution < 1.29 is 8.81 Å². The number of rotatable bonds is 7. The fraction of sp³-hybridized carbons (Fsp3) is 0.240. The van der Waals surface area contributed by atoms with Crippen molar-refractivity contribution in [3.05, 3.63) is 78.4 Å². The number of nitrogens with one attached hydrogen (secondary N) is 1. The minimum atomic E-state index is -0.269. The first kappa shape index (κ1) is 20.2. The highest BCUT2D eigenvalue weighted by atomic mass is 19.1. The smallest absolute Gasteiger partial charge is 0.223 e. The second kappa shape index (κ2) is 8.78. The van der Waals surface area contributed by atoms with E-state index in [1.165, 1.54) is 12.1 Å². The first-order valence-corrected chi connectivity index (χ1v) is 10.9. The molecule has 1 atom stereocenters. The van der Waals surface area contributed by atoms with Crippen molar-refractivity contribution >= 4 is 12.0 Å². The standard InChI is InChI=1S/C25H24FN5O/c1-2-14-27-25-28-15-13-21(29-25)24-23(17-5-7-18(26)8-6-17)30-22-12-10-19(31(22)24)9-11-20-4-3-16-32-20/h3-9,11,13,15-16,19H,2,10,12,14H2,1H3,(H,27,28,29)/b11-9+. The van der Waals surface area contributed by atoms with Gasteiger partial charge < -0.3 is 14.3 Å². The van der Waals surface area contributed by atoms with Crippen molar-refractivity contribution in [2.24, 2.45) is 0 Å². The fourth-order valence-electron chi connectivity index (χ4n) is 4.06. The Labute approximate surface area is 185 Å². The van der Waals surface area contributed by atoms with E-state index < -0.39 is 0 Å². The molecule has 1 aliphatic heterocycles. The summed E-state index contributed by atoms with van der Waals surface area (Å²) in [6.07, 6.45) is 10.4. The minimum Gasteiger partial charge on any atom is -0.465 e. The molecule has 1 aromatic carbocycles. The molecule has 32 heavy (non-hydrogen) atoms. The number of aromatic nitrogens is 4. The average molecular weight is 429 g/mol. The van der Waals surface area contributed by atoms with Gasteiger partial charge in [-0.1, -0.05) is 13.0 Å². The molecular weight excluding hydrogens is 405 g/mol. The molecular formula is C25H24FN5O. The van der Waals surface area contributed by atoms with Gasteiger partial charge in [-0.2, -0.15) is 0 Å². The summed E-state index contributed by atoms with van der Waals surface area (Å²) in [5.74, 6) is 2.13. The number of aryl methyl sites for hydroxylation is 1. The predicted molar refractivity (Wildman–Crippen MR) is 123 cm³/mol. The third-order valence-electron chi connectivity index (χ3n) is 5.55. The Morgan fingerprint density at radius 1 is 1.19 bits per heavy atom. The maximum absolute atomic E-state index is 13.6. The van der Waals surface area contributed by atoms with E-state index >= 15 is 0 Å². The van der Waals surface area contributed by atoms with Gasteiger partial charge in [0.15, 0.2) is 0 Å². The van der Waals surface area contributed by atoms with Crippen molar-refractivity contribution in [3.8, 4) is 22.6 Å². The maximum atomic E-state index is 13.6. The highest BCUT2D eigenvalue weighted by Crippen LogP contribution is 2.40. The maximum Gasteiger partial charge on any atom is 0.223 e. The monoisotopic (exact) mass is 429 g/mol. The van der Waals surface area contributed by atoms with Crippen molar-refractivity contribution in [2.45, 2.75) is 32.2 Å². The number of hydrogen-bond donors (Lipinski definition) is 1. The lowest BCUT2D eigenvalue weighted by Gasteiger charge is -2.15. The Hall–Kier alpha value is -3.74. The summed E-state index contributed by atoms with van der Waals surface area (Å²) in [7, 11) is 0. The largest absolute Gasteiger partial charge is 0.465 e. The molecule has 0 spiro atoms. The lowest BCUT2D eigenvalue weighted by molar-refractivity contribution is 0.555. The van der Waals surface area contributed by atoms with Crippen molar-refractivity contribution in [1.82, 2.24) is 19.5 Å². The second-order valence-corrected chi connectivity index (χ2v) is 7.77. The van der Waals surface area contributed by atoms with E-state index in [4.69, 9.17) is 14.4 Å². The van der Waals surface area contributed by atoms with E-state index in [0.29, 0.717) is 5.95 Å². The van der Waals surface area contributed by atoms with E-state index in [0.717, 1.165) is 60.0 Å². The topological polar surface area (TPSA) is 68.8 Å². The summed E-state index contributed by atoms with van der Waals surface area (Å²) in [6, 6.07) is 12.3. The van der Waals surface area contributed by atoms with Crippen molar-refractivity contribution in [1.29, 1.82) is 0 Å². The van der Waals surface area contributed by atoms with Crippen LogP contribution in [-0.4, -0.2) is 26.1 Å². The van der Waals surface area contributed by atoms with Crippen LogP contribution < -0.4 is 5.32 Å². The van der Waals surface area contributed by atoms with Crippen LogP contribution >= 0.6 is 0 Å². The van der Waals surface area contributed by atoms with Crippen LogP contribution in [0.25, 0.3) is 28.7 Å². The summed E-state index contributed by atoms with van der Waals surface area (Å²) in [4.78, 5) is 14.1. The average Bonchev–Trinajstić information content (AvgIpc) is 3.54. The fourth-order valence-corrected chi connectivity index (χ4v) is 4.06. The van der Waals surface area contributed by atoms with Gasteiger partial charge in [-0.3, -0.25) is 0 Å². The van der Waals surface area contributed by atoms with Crippen LogP contribution in [0.1, 0.15) is 37.4 Å². The zero-order chi connectivity index (χ0) is 21.9. The molecule has 0 saturated heterocycles. The number of fused-ring (bicyclic) bond motifs is 1. The Bertz CT molecular complexity index is 1230. The van der Waals surface area contributed by atoms with Crippen LogP contribution in [0.3, 0.4) is 0 Å². The van der Waals surface area contributed by atoms with Gasteiger partial charge in [0, 0.05) is 24.7 Å². The van der Waals surface area contributed by atoms with E-state index in [1.807, 2.05) is 24.3 Å². The Balaban J connectivity index is 1.62. The van der Waals surface area contributed by atoms with Crippen LogP contribution in [0.5, 0.6) is 0 Å². The van der Waals surface area contributed by atoms with Gasteiger partial charge in [0.25, 0.3) is 0 Å². The first-order valence-electron chi connectivity index (χ1n) is 10.9. The van der Waals surface area contributed by atoms with Crippen LogP contribution in [0.15, 0.2) is 65.4 Å². The molecule has 0 fully saturated rings. The summed E-state index contributed by atoms with van der Waals surface area (Å²) in [5, 5.41) is 3.26. The Morgan fingerprint density at radius 2 is 2.06 bits per heavy atom. The molecule has 0 radical (unpaired) electrons. The lowest BCUT2D eigenvalue weighted by atomic mass is 10.1. The second-order valence-electron chi connectivity index (χ2n) is 7.77. The number of imidazole rings is 1. The van der Waals surface area contributed by atoms with Gasteiger partial charge in [-0.15, -0.1) is 0 Å². The molecule has 5 rings (SSSR count). The summed E-state index contributed by atoms with van der Waals surface area (Å²) < 4.78 is 21.3. The molecule has 1 aliphatic rings. The van der Waals surface area contributed by atoms with Crippen molar-refractivity contribution in [3.63, 3.8) is 0 Å². The van der Waals surface area contributed by atoms with Crippen LogP contribution in [0.2, 0.25) is 0 Å². The number of nitrogens with zero attached hydrogens (tertiary/aromatic N) is 4. The quantitative estimate of drug-likeness (QED) is 0.404. The molecule has 0 amide bonds. The van der Waals surface area contributed by atoms with Crippen molar-refractivity contribution in [2.75, 3.05) is 11.9 Å². The molecule has 162 valence electrons. The molecule has 0 saturated carbocycles. The number of allylic oxidation sites excluding steroid dienone is 1. The van der Waals surface area contributed by atoms with Gasteiger partial charge in [0.2, 0.25) is 5.95 Å². The zero-order valence-corrected chi connectivity index (χ0v) is 17.8. The normalized spacial score (nSPS) is 15.4. The molecule has 3 aromatic heterocycles. The molecule has 1 unspecified atom stereocenters. The highest BCUT2D eigenvalue weighted by Gasteiger charge is 2.29. The van der Waals surface area contributed by atoms with E-state index in [1.54, 1.807) is 24.6 Å².